The Kier molecular flexibility index (Phi) is 4.48. The number of carbonyl (C=O) groups is 1. The van der Waals surface area contributed by atoms with E-state index in [9.17, 15) is 4.79 Å². The van der Waals surface area contributed by atoms with Gasteiger partial charge in [-0.3, -0.25) is 0 Å². The van der Waals surface area contributed by atoms with Crippen molar-refractivity contribution < 1.29 is 4.79 Å². The summed E-state index contributed by atoms with van der Waals surface area (Å²) in [5, 5.41) is 3.44. The Morgan fingerprint density at radius 2 is 1.95 bits per heavy atom. The number of anilines is 2. The molecular weight excluding hydrogens is 274 g/mol. The molecule has 0 saturated heterocycles. The van der Waals surface area contributed by atoms with Crippen LogP contribution in [0.3, 0.4) is 0 Å². The third kappa shape index (κ3) is 3.90. The Morgan fingerprint density at radius 3 is 2.60 bits per heavy atom. The van der Waals surface area contributed by atoms with Crippen LogP contribution in [0.5, 0.6) is 0 Å². The molecule has 0 aromatic heterocycles. The van der Waals surface area contributed by atoms with Crippen LogP contribution < -0.4 is 11.1 Å². The molecule has 0 aliphatic carbocycles. The van der Waals surface area contributed by atoms with Crippen molar-refractivity contribution in [3.63, 3.8) is 0 Å². The number of amides is 2. The highest BCUT2D eigenvalue weighted by molar-refractivity contribution is 6.30. The molecule has 0 fully saturated rings. The van der Waals surface area contributed by atoms with Gasteiger partial charge in [-0.1, -0.05) is 23.7 Å². The fraction of sp³-hybridized carbons (Fsp3) is 0.133. The Bertz CT molecular complexity index is 598. The van der Waals surface area contributed by atoms with Gasteiger partial charge in [0.25, 0.3) is 0 Å². The van der Waals surface area contributed by atoms with Gasteiger partial charge in [-0.05, 0) is 42.0 Å². The van der Waals surface area contributed by atoms with Crippen molar-refractivity contribution in [3.05, 3.63) is 59.1 Å². The topological polar surface area (TPSA) is 58.4 Å². The summed E-state index contributed by atoms with van der Waals surface area (Å²) in [6.07, 6.45) is 0. The van der Waals surface area contributed by atoms with Crippen molar-refractivity contribution in [2.24, 2.45) is 0 Å². The van der Waals surface area contributed by atoms with Crippen LogP contribution >= 0.6 is 11.6 Å². The highest BCUT2D eigenvalue weighted by Gasteiger charge is 2.09. The molecule has 2 aromatic carbocycles. The van der Waals surface area contributed by atoms with Crippen molar-refractivity contribution in [2.45, 2.75) is 6.54 Å². The second-order valence-corrected chi connectivity index (χ2v) is 4.97. The molecule has 5 heteroatoms. The number of nitrogens with two attached hydrogens (primary N) is 1. The third-order valence-corrected chi connectivity index (χ3v) is 3.06. The average Bonchev–Trinajstić information content (AvgIpc) is 2.41. The van der Waals surface area contributed by atoms with E-state index in [4.69, 9.17) is 17.3 Å². The molecule has 0 bridgehead atoms. The number of rotatable bonds is 3. The van der Waals surface area contributed by atoms with E-state index >= 15 is 0 Å². The molecule has 0 heterocycles. The summed E-state index contributed by atoms with van der Waals surface area (Å²) in [5.41, 5.74) is 8.10. The molecule has 104 valence electrons. The van der Waals surface area contributed by atoms with Gasteiger partial charge >= 0.3 is 6.03 Å². The first-order valence-electron chi connectivity index (χ1n) is 6.17. The molecule has 4 nitrogen and oxygen atoms in total. The lowest BCUT2D eigenvalue weighted by Gasteiger charge is -2.18. The van der Waals surface area contributed by atoms with Gasteiger partial charge in [-0.25, -0.2) is 4.79 Å². The van der Waals surface area contributed by atoms with Gasteiger partial charge in [-0.15, -0.1) is 0 Å². The first kappa shape index (κ1) is 14.2. The summed E-state index contributed by atoms with van der Waals surface area (Å²) >= 11 is 5.80. The number of nitrogen functional groups attached to an aromatic ring is 1. The summed E-state index contributed by atoms with van der Waals surface area (Å²) in [6.45, 7) is 0.491. The zero-order valence-corrected chi connectivity index (χ0v) is 11.9. The van der Waals surface area contributed by atoms with Crippen LogP contribution in [0.4, 0.5) is 16.2 Å². The maximum Gasteiger partial charge on any atom is 0.321 e. The molecule has 0 spiro atoms. The van der Waals surface area contributed by atoms with Crippen LogP contribution in [0.2, 0.25) is 5.02 Å². The van der Waals surface area contributed by atoms with Crippen molar-refractivity contribution in [1.82, 2.24) is 4.90 Å². The van der Waals surface area contributed by atoms with E-state index in [1.165, 1.54) is 0 Å². The fourth-order valence-electron chi connectivity index (χ4n) is 1.79. The maximum absolute atomic E-state index is 12.0. The lowest BCUT2D eigenvalue weighted by atomic mass is 10.2. The molecule has 0 atom stereocenters. The molecule has 0 saturated carbocycles. The smallest absolute Gasteiger partial charge is 0.321 e. The Morgan fingerprint density at radius 1 is 1.25 bits per heavy atom. The molecule has 0 aliphatic rings. The normalized spacial score (nSPS) is 10.1. The number of hydrogen-bond acceptors (Lipinski definition) is 2. The SMILES string of the molecule is CN(Cc1cccc(N)c1)C(=O)Nc1ccc(Cl)cc1. The number of benzene rings is 2. The monoisotopic (exact) mass is 289 g/mol. The minimum Gasteiger partial charge on any atom is -0.399 e. The lowest BCUT2D eigenvalue weighted by molar-refractivity contribution is 0.220. The molecular formula is C15H16ClN3O. The van der Waals surface area contributed by atoms with E-state index in [2.05, 4.69) is 5.32 Å². The van der Waals surface area contributed by atoms with E-state index in [0.29, 0.717) is 22.9 Å². The van der Waals surface area contributed by atoms with Crippen molar-refractivity contribution in [2.75, 3.05) is 18.1 Å². The molecule has 0 radical (unpaired) electrons. The van der Waals surface area contributed by atoms with Gasteiger partial charge in [0.1, 0.15) is 0 Å². The summed E-state index contributed by atoms with van der Waals surface area (Å²) in [6, 6.07) is 14.3. The third-order valence-electron chi connectivity index (χ3n) is 2.81. The summed E-state index contributed by atoms with van der Waals surface area (Å²) in [5.74, 6) is 0. The van der Waals surface area contributed by atoms with Gasteiger partial charge in [0, 0.05) is 30.0 Å². The number of nitrogens with one attached hydrogen (secondary N) is 1. The van der Waals surface area contributed by atoms with E-state index in [1.54, 1.807) is 36.2 Å². The second kappa shape index (κ2) is 6.30. The zero-order chi connectivity index (χ0) is 14.5. The molecule has 3 N–H and O–H groups in total. The summed E-state index contributed by atoms with van der Waals surface area (Å²) in [4.78, 5) is 13.6. The van der Waals surface area contributed by atoms with Crippen LogP contribution in [0, 0.1) is 0 Å². The van der Waals surface area contributed by atoms with Crippen LogP contribution in [-0.4, -0.2) is 18.0 Å². The Labute approximate surface area is 123 Å². The molecule has 2 amide bonds. The van der Waals surface area contributed by atoms with Crippen LogP contribution in [0.1, 0.15) is 5.56 Å². The largest absolute Gasteiger partial charge is 0.399 e. The lowest BCUT2D eigenvalue weighted by Crippen LogP contribution is -2.30. The Balaban J connectivity index is 1.96. The summed E-state index contributed by atoms with van der Waals surface area (Å²) < 4.78 is 0. The van der Waals surface area contributed by atoms with Gasteiger partial charge < -0.3 is 16.0 Å². The molecule has 20 heavy (non-hydrogen) atoms. The van der Waals surface area contributed by atoms with Gasteiger partial charge in [0.05, 0.1) is 0 Å². The Hall–Kier alpha value is -2.20. The second-order valence-electron chi connectivity index (χ2n) is 4.54. The van der Waals surface area contributed by atoms with E-state index in [0.717, 1.165) is 5.56 Å². The van der Waals surface area contributed by atoms with Crippen molar-refractivity contribution in [3.8, 4) is 0 Å². The van der Waals surface area contributed by atoms with Crippen LogP contribution in [-0.2, 0) is 6.54 Å². The fourth-order valence-corrected chi connectivity index (χ4v) is 1.92. The molecule has 2 rings (SSSR count). The predicted octanol–water partition coefficient (Wildman–Crippen LogP) is 3.59. The highest BCUT2D eigenvalue weighted by atomic mass is 35.5. The highest BCUT2D eigenvalue weighted by Crippen LogP contribution is 2.14. The van der Waals surface area contributed by atoms with Gasteiger partial charge in [0.2, 0.25) is 0 Å². The van der Waals surface area contributed by atoms with Crippen LogP contribution in [0.25, 0.3) is 0 Å². The van der Waals surface area contributed by atoms with Gasteiger partial charge in [0.15, 0.2) is 0 Å². The van der Waals surface area contributed by atoms with E-state index < -0.39 is 0 Å². The summed E-state index contributed by atoms with van der Waals surface area (Å²) in [7, 11) is 1.73. The van der Waals surface area contributed by atoms with E-state index in [1.807, 2.05) is 24.3 Å². The predicted molar refractivity (Wildman–Crippen MR) is 82.8 cm³/mol. The van der Waals surface area contributed by atoms with Gasteiger partial charge in [-0.2, -0.15) is 0 Å². The number of urea groups is 1. The average molecular weight is 290 g/mol. The molecule has 0 aliphatic heterocycles. The molecule has 2 aromatic rings. The minimum atomic E-state index is -0.185. The number of carbonyl (C=O) groups excluding carboxylic acids is 1. The standard InChI is InChI=1S/C15H16ClN3O/c1-19(10-11-3-2-4-13(17)9-11)15(20)18-14-7-5-12(16)6-8-14/h2-9H,10,17H2,1H3,(H,18,20). The minimum absolute atomic E-state index is 0.185. The van der Waals surface area contributed by atoms with Crippen LogP contribution in [0.15, 0.2) is 48.5 Å². The van der Waals surface area contributed by atoms with Crippen molar-refractivity contribution >= 4 is 29.0 Å². The number of halogens is 1. The van der Waals surface area contributed by atoms with Crippen molar-refractivity contribution in [1.29, 1.82) is 0 Å². The zero-order valence-electron chi connectivity index (χ0n) is 11.1. The number of hydrogen-bond donors (Lipinski definition) is 2. The first-order valence-corrected chi connectivity index (χ1v) is 6.54. The van der Waals surface area contributed by atoms with E-state index in [-0.39, 0.29) is 6.03 Å². The first-order chi connectivity index (χ1) is 9.54. The quantitative estimate of drug-likeness (QED) is 0.849. The maximum atomic E-state index is 12.0. The number of nitrogens with zero attached hydrogens (tertiary/aromatic N) is 1. The molecule has 0 unspecified atom stereocenters.